The summed E-state index contributed by atoms with van der Waals surface area (Å²) >= 11 is 0. The summed E-state index contributed by atoms with van der Waals surface area (Å²) in [7, 11) is 0. The van der Waals surface area contributed by atoms with Crippen molar-refractivity contribution in [3.63, 3.8) is 0 Å². The first-order valence-corrected chi connectivity index (χ1v) is 6.61. The van der Waals surface area contributed by atoms with Gasteiger partial charge in [0.25, 0.3) is 5.56 Å². The molecular formula is C15H18N2O3. The van der Waals surface area contributed by atoms with Gasteiger partial charge in [-0.25, -0.2) is 0 Å². The van der Waals surface area contributed by atoms with Gasteiger partial charge in [0, 0.05) is 23.5 Å². The molecule has 0 saturated carbocycles. The minimum atomic E-state index is -0.266. The third-order valence-electron chi connectivity index (χ3n) is 3.13. The molecule has 5 nitrogen and oxygen atoms in total. The van der Waals surface area contributed by atoms with Crippen molar-refractivity contribution in [3.8, 4) is 0 Å². The van der Waals surface area contributed by atoms with Crippen molar-refractivity contribution >= 4 is 16.8 Å². The van der Waals surface area contributed by atoms with Gasteiger partial charge in [-0.2, -0.15) is 0 Å². The number of hydrogen-bond acceptors (Lipinski definition) is 3. The molecule has 0 aliphatic rings. The molecule has 0 aliphatic heterocycles. The van der Waals surface area contributed by atoms with Gasteiger partial charge in [-0.05, 0) is 30.9 Å². The van der Waals surface area contributed by atoms with Crippen LogP contribution >= 0.6 is 0 Å². The molecule has 0 radical (unpaired) electrons. The topological polar surface area (TPSA) is 82.2 Å². The highest BCUT2D eigenvalue weighted by molar-refractivity contribution is 5.79. The summed E-state index contributed by atoms with van der Waals surface area (Å²) in [4.78, 5) is 26.3. The molecular weight excluding hydrogens is 256 g/mol. The van der Waals surface area contributed by atoms with E-state index >= 15 is 0 Å². The maximum Gasteiger partial charge on any atom is 0.251 e. The van der Waals surface area contributed by atoms with Crippen LogP contribution in [-0.2, 0) is 11.2 Å². The summed E-state index contributed by atoms with van der Waals surface area (Å²) in [6.45, 7) is 1.63. The van der Waals surface area contributed by atoms with Gasteiger partial charge in [0.15, 0.2) is 0 Å². The van der Waals surface area contributed by atoms with Gasteiger partial charge in [0.05, 0.1) is 6.61 Å². The fraction of sp³-hybridized carbons (Fsp3) is 0.333. The normalized spacial score (nSPS) is 12.3. The van der Waals surface area contributed by atoms with Gasteiger partial charge in [-0.3, -0.25) is 9.59 Å². The van der Waals surface area contributed by atoms with E-state index in [1.807, 2.05) is 30.3 Å². The van der Waals surface area contributed by atoms with Crippen molar-refractivity contribution in [3.05, 3.63) is 46.2 Å². The number of pyridine rings is 1. The molecule has 20 heavy (non-hydrogen) atoms. The number of aliphatic hydroxyl groups is 1. The summed E-state index contributed by atoms with van der Waals surface area (Å²) in [6, 6.07) is 9.08. The summed E-state index contributed by atoms with van der Waals surface area (Å²) in [5, 5.41) is 12.5. The molecule has 3 N–H and O–H groups in total. The van der Waals surface area contributed by atoms with Crippen LogP contribution in [0.5, 0.6) is 0 Å². The number of hydrogen-bond donors (Lipinski definition) is 3. The highest BCUT2D eigenvalue weighted by Gasteiger charge is 2.08. The molecule has 0 spiro atoms. The Bertz CT molecular complexity index is 663. The third kappa shape index (κ3) is 3.45. The van der Waals surface area contributed by atoms with Gasteiger partial charge in [-0.15, -0.1) is 0 Å². The Hall–Kier alpha value is -2.14. The van der Waals surface area contributed by atoms with Gasteiger partial charge in [0.1, 0.15) is 0 Å². The van der Waals surface area contributed by atoms with Crippen LogP contribution in [-0.4, -0.2) is 28.6 Å². The Morgan fingerprint density at radius 2 is 2.15 bits per heavy atom. The second-order valence-corrected chi connectivity index (χ2v) is 4.86. The van der Waals surface area contributed by atoms with Crippen LogP contribution in [0.25, 0.3) is 10.9 Å². The molecule has 1 amide bonds. The van der Waals surface area contributed by atoms with Crippen LogP contribution in [0.3, 0.4) is 0 Å². The van der Waals surface area contributed by atoms with E-state index in [9.17, 15) is 9.59 Å². The monoisotopic (exact) mass is 274 g/mol. The Kier molecular flexibility index (Phi) is 4.53. The van der Waals surface area contributed by atoms with E-state index in [0.717, 1.165) is 10.9 Å². The molecule has 0 fully saturated rings. The number of carbonyl (C=O) groups excluding carboxylic acids is 1. The zero-order valence-corrected chi connectivity index (χ0v) is 11.3. The summed E-state index contributed by atoms with van der Waals surface area (Å²) in [5.74, 6) is -0.167. The number of aliphatic hydroxyl groups excluding tert-OH is 1. The van der Waals surface area contributed by atoms with Crippen LogP contribution in [0.4, 0.5) is 0 Å². The number of fused-ring (bicyclic) bond motifs is 1. The number of benzene rings is 1. The van der Waals surface area contributed by atoms with Gasteiger partial charge in [0.2, 0.25) is 5.91 Å². The summed E-state index contributed by atoms with van der Waals surface area (Å²) < 4.78 is 0. The second-order valence-electron chi connectivity index (χ2n) is 4.86. The largest absolute Gasteiger partial charge is 0.394 e. The Labute approximate surface area is 116 Å². The van der Waals surface area contributed by atoms with Crippen LogP contribution in [0, 0.1) is 0 Å². The van der Waals surface area contributed by atoms with Crippen LogP contribution in [0.2, 0.25) is 0 Å². The predicted octanol–water partition coefficient (Wildman–Crippen LogP) is 0.958. The molecule has 1 aromatic heterocycles. The van der Waals surface area contributed by atoms with Crippen LogP contribution in [0.1, 0.15) is 18.9 Å². The lowest BCUT2D eigenvalue weighted by molar-refractivity contribution is -0.121. The van der Waals surface area contributed by atoms with E-state index in [1.165, 1.54) is 0 Å². The fourth-order valence-corrected chi connectivity index (χ4v) is 2.02. The van der Waals surface area contributed by atoms with Gasteiger partial charge < -0.3 is 15.4 Å². The predicted molar refractivity (Wildman–Crippen MR) is 77.6 cm³/mol. The van der Waals surface area contributed by atoms with Crippen molar-refractivity contribution in [1.29, 1.82) is 0 Å². The molecule has 2 aromatic rings. The van der Waals surface area contributed by atoms with Crippen molar-refractivity contribution in [2.24, 2.45) is 0 Å². The zero-order valence-electron chi connectivity index (χ0n) is 11.3. The van der Waals surface area contributed by atoms with E-state index in [4.69, 9.17) is 5.11 Å². The van der Waals surface area contributed by atoms with Crippen molar-refractivity contribution in [2.45, 2.75) is 25.8 Å². The molecule has 0 aliphatic carbocycles. The quantitative estimate of drug-likeness (QED) is 0.759. The minimum Gasteiger partial charge on any atom is -0.394 e. The highest BCUT2D eigenvalue weighted by atomic mass is 16.3. The number of aromatic amines is 1. The molecule has 1 aromatic carbocycles. The standard InChI is InChI=1S/C15H18N2O3/c1-10(9-18)16-14(19)7-6-12-8-11-4-2-3-5-13(11)17-15(12)20/h2-5,8,10,18H,6-7,9H2,1H3,(H,16,19)(H,17,20). The Morgan fingerprint density at radius 3 is 2.90 bits per heavy atom. The smallest absolute Gasteiger partial charge is 0.251 e. The minimum absolute atomic E-state index is 0.0949. The van der Waals surface area contributed by atoms with Crippen LogP contribution in [0.15, 0.2) is 35.1 Å². The lowest BCUT2D eigenvalue weighted by atomic mass is 10.1. The zero-order chi connectivity index (χ0) is 14.5. The van der Waals surface area contributed by atoms with Crippen molar-refractivity contribution in [1.82, 2.24) is 10.3 Å². The number of nitrogens with one attached hydrogen (secondary N) is 2. The molecule has 1 atom stereocenters. The lowest BCUT2D eigenvalue weighted by Crippen LogP contribution is -2.35. The Balaban J connectivity index is 2.08. The van der Waals surface area contributed by atoms with E-state index in [0.29, 0.717) is 12.0 Å². The summed E-state index contributed by atoms with van der Waals surface area (Å²) in [6.07, 6.45) is 0.607. The number of H-pyrrole nitrogens is 1. The molecule has 2 rings (SSSR count). The lowest BCUT2D eigenvalue weighted by Gasteiger charge is -2.10. The highest BCUT2D eigenvalue weighted by Crippen LogP contribution is 2.10. The molecule has 106 valence electrons. The van der Waals surface area contributed by atoms with Crippen molar-refractivity contribution in [2.75, 3.05) is 6.61 Å². The Morgan fingerprint density at radius 1 is 1.40 bits per heavy atom. The average Bonchev–Trinajstić information content (AvgIpc) is 2.44. The van der Waals surface area contributed by atoms with E-state index < -0.39 is 0 Å². The first-order valence-electron chi connectivity index (χ1n) is 6.61. The van der Waals surface area contributed by atoms with Crippen molar-refractivity contribution < 1.29 is 9.90 Å². The number of aromatic nitrogens is 1. The number of aryl methyl sites for hydroxylation is 1. The SMILES string of the molecule is CC(CO)NC(=O)CCc1cc2ccccc2[nH]c1=O. The molecule has 5 heteroatoms. The number of para-hydroxylation sites is 1. The van der Waals surface area contributed by atoms with Gasteiger partial charge >= 0.3 is 0 Å². The molecule has 0 saturated heterocycles. The maximum atomic E-state index is 11.9. The molecule has 1 heterocycles. The van der Waals surface area contributed by atoms with E-state index in [-0.39, 0.29) is 30.5 Å². The maximum absolute atomic E-state index is 11.9. The van der Waals surface area contributed by atoms with Crippen LogP contribution < -0.4 is 10.9 Å². The third-order valence-corrected chi connectivity index (χ3v) is 3.13. The van der Waals surface area contributed by atoms with E-state index in [1.54, 1.807) is 6.92 Å². The summed E-state index contributed by atoms with van der Waals surface area (Å²) in [5.41, 5.74) is 1.22. The average molecular weight is 274 g/mol. The first-order chi connectivity index (χ1) is 9.60. The number of carbonyl (C=O) groups is 1. The number of amides is 1. The first kappa shape index (κ1) is 14.3. The molecule has 1 unspecified atom stereocenters. The molecule has 0 bridgehead atoms. The van der Waals surface area contributed by atoms with Gasteiger partial charge in [-0.1, -0.05) is 18.2 Å². The number of rotatable bonds is 5. The van der Waals surface area contributed by atoms with E-state index in [2.05, 4.69) is 10.3 Å². The fourth-order valence-electron chi connectivity index (χ4n) is 2.02. The second kappa shape index (κ2) is 6.34.